The summed E-state index contributed by atoms with van der Waals surface area (Å²) in [5, 5.41) is 12.1. The van der Waals surface area contributed by atoms with Gasteiger partial charge in [0.05, 0.1) is 31.8 Å². The Bertz CT molecular complexity index is 1840. The van der Waals surface area contributed by atoms with Gasteiger partial charge in [-0.25, -0.2) is 4.79 Å². The predicted octanol–water partition coefficient (Wildman–Crippen LogP) is 6.43. The molecule has 270 valence electrons. The van der Waals surface area contributed by atoms with Gasteiger partial charge in [0.1, 0.15) is 12.6 Å². The second-order valence-electron chi connectivity index (χ2n) is 13.8. The molecule has 10 heteroatoms. The van der Waals surface area contributed by atoms with Gasteiger partial charge in [0.25, 0.3) is 5.91 Å². The van der Waals surface area contributed by atoms with Crippen molar-refractivity contribution in [2.45, 2.75) is 76.4 Å². The maximum absolute atomic E-state index is 13.2. The number of hydrogen-bond acceptors (Lipinski definition) is 8. The first-order chi connectivity index (χ1) is 25.4. The summed E-state index contributed by atoms with van der Waals surface area (Å²) >= 11 is 0. The molecule has 0 bridgehead atoms. The number of rotatable bonds is 11. The molecule has 0 aliphatic carbocycles. The van der Waals surface area contributed by atoms with Crippen molar-refractivity contribution in [2.75, 3.05) is 19.6 Å². The first-order valence-corrected chi connectivity index (χ1v) is 18.2. The number of amides is 3. The van der Waals surface area contributed by atoms with Crippen LogP contribution in [0.5, 0.6) is 0 Å². The van der Waals surface area contributed by atoms with Gasteiger partial charge in [-0.1, -0.05) is 97.4 Å². The summed E-state index contributed by atoms with van der Waals surface area (Å²) in [5.74, 6) is -0.808. The Morgan fingerprint density at radius 2 is 1.52 bits per heavy atom. The fourth-order valence-corrected chi connectivity index (χ4v) is 7.23. The van der Waals surface area contributed by atoms with Crippen LogP contribution in [-0.2, 0) is 43.6 Å². The average Bonchev–Trinajstić information content (AvgIpc) is 3.45. The number of likely N-dealkylation sites (tertiary alicyclic amines) is 2. The van der Waals surface area contributed by atoms with Crippen LogP contribution >= 0.6 is 0 Å². The molecular weight excluding hydrogens is 658 g/mol. The number of nitrogens with one attached hydrogen (secondary N) is 1. The van der Waals surface area contributed by atoms with E-state index in [9.17, 15) is 19.5 Å². The van der Waals surface area contributed by atoms with E-state index in [-0.39, 0.29) is 44.3 Å². The first kappa shape index (κ1) is 35.5. The summed E-state index contributed by atoms with van der Waals surface area (Å²) in [6.07, 6.45) is 2.84. The minimum absolute atomic E-state index is 0.00248. The first-order valence-electron chi connectivity index (χ1n) is 18.2. The summed E-state index contributed by atoms with van der Waals surface area (Å²) < 4.78 is 18.5. The van der Waals surface area contributed by atoms with Crippen LogP contribution in [0.2, 0.25) is 0 Å². The van der Waals surface area contributed by atoms with Gasteiger partial charge in [-0.3, -0.25) is 14.5 Å². The van der Waals surface area contributed by atoms with E-state index in [1.807, 2.05) is 97.1 Å². The lowest BCUT2D eigenvalue weighted by Crippen LogP contribution is -2.41. The zero-order valence-electron chi connectivity index (χ0n) is 29.2. The normalized spacial score (nSPS) is 22.4. The molecule has 3 saturated heterocycles. The molecule has 1 unspecified atom stereocenters. The highest BCUT2D eigenvalue weighted by atomic mass is 16.7. The zero-order valence-corrected chi connectivity index (χ0v) is 29.2. The van der Waals surface area contributed by atoms with Gasteiger partial charge in [0.15, 0.2) is 6.29 Å². The molecule has 10 nitrogen and oxygen atoms in total. The number of alkyl carbamates (subject to hydrolysis) is 1. The van der Waals surface area contributed by atoms with Crippen molar-refractivity contribution in [3.63, 3.8) is 0 Å². The van der Waals surface area contributed by atoms with Crippen LogP contribution < -0.4 is 5.32 Å². The van der Waals surface area contributed by atoms with E-state index >= 15 is 0 Å². The van der Waals surface area contributed by atoms with Crippen LogP contribution in [0.4, 0.5) is 4.79 Å². The van der Waals surface area contributed by atoms with Crippen LogP contribution in [0.3, 0.4) is 0 Å². The highest BCUT2D eigenvalue weighted by molar-refractivity contribution is 6.06. The number of aliphatic hydroxyl groups excluding tert-OH is 1. The lowest BCUT2D eigenvalue weighted by molar-refractivity contribution is -0.253. The molecule has 0 radical (unpaired) electrons. The molecule has 4 aromatic carbocycles. The van der Waals surface area contributed by atoms with E-state index in [0.717, 1.165) is 65.0 Å². The van der Waals surface area contributed by atoms with Crippen molar-refractivity contribution in [1.29, 1.82) is 0 Å². The Labute approximate surface area is 304 Å². The quantitative estimate of drug-likeness (QED) is 0.172. The second-order valence-corrected chi connectivity index (χ2v) is 13.8. The molecule has 0 aromatic heterocycles. The van der Waals surface area contributed by atoms with Gasteiger partial charge >= 0.3 is 6.09 Å². The minimum atomic E-state index is -0.971. The third-order valence-corrected chi connectivity index (χ3v) is 10.0. The van der Waals surface area contributed by atoms with E-state index in [1.165, 1.54) is 24.2 Å². The van der Waals surface area contributed by atoms with E-state index in [1.54, 1.807) is 0 Å². The molecule has 3 heterocycles. The Morgan fingerprint density at radius 1 is 0.788 bits per heavy atom. The second kappa shape index (κ2) is 16.6. The summed E-state index contributed by atoms with van der Waals surface area (Å²) in [6, 6.07) is 32.1. The van der Waals surface area contributed by atoms with E-state index in [0.29, 0.717) is 0 Å². The van der Waals surface area contributed by atoms with Crippen molar-refractivity contribution < 1.29 is 33.7 Å². The van der Waals surface area contributed by atoms with Crippen molar-refractivity contribution in [3.8, 4) is 11.1 Å². The van der Waals surface area contributed by atoms with Crippen LogP contribution in [0.25, 0.3) is 11.1 Å². The summed E-state index contributed by atoms with van der Waals surface area (Å²) in [4.78, 5) is 42.2. The number of benzene rings is 4. The Hall–Kier alpha value is -4.87. The minimum Gasteiger partial charge on any atom is -0.445 e. The number of carbonyl (C=O) groups is 3. The van der Waals surface area contributed by atoms with E-state index < -0.39 is 24.3 Å². The summed E-state index contributed by atoms with van der Waals surface area (Å²) in [6.45, 7) is 3.17. The lowest BCUT2D eigenvalue weighted by atomic mass is 9.98. The van der Waals surface area contributed by atoms with E-state index in [4.69, 9.17) is 14.2 Å². The predicted molar refractivity (Wildman–Crippen MR) is 194 cm³/mol. The Kier molecular flexibility index (Phi) is 11.4. The molecule has 3 fully saturated rings. The summed E-state index contributed by atoms with van der Waals surface area (Å²) in [7, 11) is 0. The third kappa shape index (κ3) is 8.77. The molecule has 4 aromatic rings. The van der Waals surface area contributed by atoms with Crippen LogP contribution in [0.1, 0.15) is 72.3 Å². The standard InChI is InChI=1S/C42H45N3O7/c46-27-29-15-17-32(18-16-29)38-23-36(26-44-19-5-2-6-20-44)51-41(52-38)35-14-8-13-34(22-35)33-12-7-11-31(21-33)25-45-39(47)24-37(40(45)48)43-42(49)50-28-30-9-3-1-4-10-30/h1,3-4,7-18,21-22,36-38,41,46H,2,5-6,19-20,23-28H2,(H,43,49)/t36-,37?,38+,41+/m1/s1. The maximum Gasteiger partial charge on any atom is 0.408 e. The topological polar surface area (TPSA) is 118 Å². The zero-order chi connectivity index (χ0) is 35.9. The highest BCUT2D eigenvalue weighted by Gasteiger charge is 2.40. The molecule has 52 heavy (non-hydrogen) atoms. The monoisotopic (exact) mass is 703 g/mol. The van der Waals surface area contributed by atoms with Crippen LogP contribution in [-0.4, -0.2) is 64.6 Å². The molecule has 4 atom stereocenters. The number of piperidine rings is 1. The number of imide groups is 1. The van der Waals surface area contributed by atoms with Gasteiger partial charge < -0.3 is 29.5 Å². The maximum atomic E-state index is 13.2. The number of carbonyl (C=O) groups excluding carboxylic acids is 3. The number of aliphatic hydroxyl groups is 1. The number of ether oxygens (including phenoxy) is 3. The molecular formula is C42H45N3O7. The molecule has 0 spiro atoms. The van der Waals surface area contributed by atoms with Crippen LogP contribution in [0, 0.1) is 0 Å². The van der Waals surface area contributed by atoms with Gasteiger partial charge in [-0.05, 0) is 71.4 Å². The largest absolute Gasteiger partial charge is 0.445 e. The highest BCUT2D eigenvalue weighted by Crippen LogP contribution is 2.39. The van der Waals surface area contributed by atoms with Crippen LogP contribution in [0.15, 0.2) is 103 Å². The lowest BCUT2D eigenvalue weighted by Gasteiger charge is -2.39. The fraction of sp³-hybridized carbons (Fsp3) is 0.357. The molecule has 0 saturated carbocycles. The molecule has 7 rings (SSSR count). The van der Waals surface area contributed by atoms with Crippen molar-refractivity contribution >= 4 is 17.9 Å². The number of nitrogens with zero attached hydrogens (tertiary/aromatic N) is 2. The van der Waals surface area contributed by atoms with Gasteiger partial charge in [-0.2, -0.15) is 0 Å². The molecule has 2 N–H and O–H groups in total. The molecule has 3 aliphatic heterocycles. The SMILES string of the molecule is O=C(NC1CC(=O)N(Cc2cccc(-c3cccc([C@H]4O[C@@H](CN5CCCCC5)C[C@@H](c5ccc(CO)cc5)O4)c3)c2)C1=O)OCc1ccccc1. The third-order valence-electron chi connectivity index (χ3n) is 10.0. The van der Waals surface area contributed by atoms with Crippen molar-refractivity contribution in [3.05, 3.63) is 131 Å². The summed E-state index contributed by atoms with van der Waals surface area (Å²) in [5.41, 5.74) is 6.31. The smallest absolute Gasteiger partial charge is 0.408 e. The number of hydrogen-bond donors (Lipinski definition) is 2. The van der Waals surface area contributed by atoms with Crippen molar-refractivity contribution in [1.82, 2.24) is 15.1 Å². The Morgan fingerprint density at radius 3 is 2.29 bits per heavy atom. The Balaban J connectivity index is 1.03. The van der Waals surface area contributed by atoms with Gasteiger partial charge in [0, 0.05) is 18.5 Å². The van der Waals surface area contributed by atoms with Gasteiger partial charge in [0.2, 0.25) is 5.91 Å². The average molecular weight is 704 g/mol. The molecule has 3 aliphatic rings. The van der Waals surface area contributed by atoms with Gasteiger partial charge in [-0.15, -0.1) is 0 Å². The fourth-order valence-electron chi connectivity index (χ4n) is 7.23. The van der Waals surface area contributed by atoms with Crippen molar-refractivity contribution in [2.24, 2.45) is 0 Å². The van der Waals surface area contributed by atoms with E-state index in [2.05, 4.69) is 16.3 Å². The molecule has 3 amide bonds.